The Morgan fingerprint density at radius 3 is 2.56 bits per heavy atom. The topological polar surface area (TPSA) is 27.1 Å². The predicted molar refractivity (Wildman–Crippen MR) is 65.7 cm³/mol. The van der Waals surface area contributed by atoms with E-state index in [-0.39, 0.29) is 0 Å². The highest BCUT2D eigenvalue weighted by Gasteiger charge is 2.30. The molecule has 0 unspecified atom stereocenters. The summed E-state index contributed by atoms with van der Waals surface area (Å²) in [7, 11) is 0. The predicted octanol–water partition coefficient (Wildman–Crippen LogP) is 3.16. The van der Waals surface area contributed by atoms with Gasteiger partial charge in [-0.2, -0.15) is 0 Å². The largest absolute Gasteiger partial charge is 0.349 e. The fourth-order valence-corrected chi connectivity index (χ4v) is 3.01. The number of amidine groups is 1. The Labute approximate surface area is 96.8 Å². The SMILES string of the molecule is N=C1c2ccccc2CN1C1CCCCC1. The quantitative estimate of drug-likeness (QED) is 0.764. The fraction of sp³-hybridized carbons (Fsp3) is 0.500. The van der Waals surface area contributed by atoms with Crippen LogP contribution >= 0.6 is 0 Å². The van der Waals surface area contributed by atoms with Gasteiger partial charge in [-0.1, -0.05) is 43.5 Å². The van der Waals surface area contributed by atoms with Crippen LogP contribution in [0, 0.1) is 5.41 Å². The van der Waals surface area contributed by atoms with Gasteiger partial charge in [-0.25, -0.2) is 0 Å². The molecule has 3 rings (SSSR count). The van der Waals surface area contributed by atoms with Crippen molar-refractivity contribution in [1.82, 2.24) is 4.90 Å². The Balaban J connectivity index is 1.83. The molecule has 0 saturated heterocycles. The van der Waals surface area contributed by atoms with E-state index < -0.39 is 0 Å². The molecule has 1 aliphatic heterocycles. The highest BCUT2D eigenvalue weighted by atomic mass is 15.2. The molecule has 1 saturated carbocycles. The molecule has 1 aliphatic carbocycles. The van der Waals surface area contributed by atoms with Crippen LogP contribution in [-0.4, -0.2) is 16.8 Å². The van der Waals surface area contributed by atoms with Crippen LogP contribution in [-0.2, 0) is 6.54 Å². The van der Waals surface area contributed by atoms with Gasteiger partial charge in [-0.05, 0) is 18.4 Å². The first-order chi connectivity index (χ1) is 7.86. The molecule has 0 bridgehead atoms. The van der Waals surface area contributed by atoms with Crippen molar-refractivity contribution in [2.75, 3.05) is 0 Å². The number of nitrogens with zero attached hydrogens (tertiary/aromatic N) is 1. The van der Waals surface area contributed by atoms with Crippen molar-refractivity contribution in [3.8, 4) is 0 Å². The Kier molecular flexibility index (Phi) is 2.43. The maximum Gasteiger partial charge on any atom is 0.128 e. The van der Waals surface area contributed by atoms with Gasteiger partial charge in [0, 0.05) is 18.2 Å². The molecule has 16 heavy (non-hydrogen) atoms. The molecule has 1 N–H and O–H groups in total. The minimum Gasteiger partial charge on any atom is -0.349 e. The molecule has 0 spiro atoms. The second-order valence-electron chi connectivity index (χ2n) is 4.93. The summed E-state index contributed by atoms with van der Waals surface area (Å²) in [6.45, 7) is 0.958. The Bertz CT molecular complexity index is 405. The minimum atomic E-state index is 0.619. The smallest absolute Gasteiger partial charge is 0.128 e. The van der Waals surface area contributed by atoms with Gasteiger partial charge in [0.1, 0.15) is 5.84 Å². The van der Waals surface area contributed by atoms with Crippen molar-refractivity contribution < 1.29 is 0 Å². The summed E-state index contributed by atoms with van der Waals surface area (Å²) in [4.78, 5) is 2.31. The molecular weight excluding hydrogens is 196 g/mol. The first kappa shape index (κ1) is 9.88. The minimum absolute atomic E-state index is 0.619. The highest BCUT2D eigenvalue weighted by Crippen LogP contribution is 2.30. The lowest BCUT2D eigenvalue weighted by atomic mass is 9.94. The Morgan fingerprint density at radius 2 is 1.81 bits per heavy atom. The number of benzene rings is 1. The standard InChI is InChI=1S/C14H18N2/c15-14-13-9-5-4-6-11(13)10-16(14)12-7-2-1-3-8-12/h4-6,9,12,15H,1-3,7-8,10H2. The van der Waals surface area contributed by atoms with Crippen LogP contribution in [0.25, 0.3) is 0 Å². The molecule has 84 valence electrons. The van der Waals surface area contributed by atoms with Crippen molar-refractivity contribution in [1.29, 1.82) is 5.41 Å². The van der Waals surface area contributed by atoms with Crippen molar-refractivity contribution in [2.24, 2.45) is 0 Å². The lowest BCUT2D eigenvalue weighted by Gasteiger charge is -2.32. The van der Waals surface area contributed by atoms with E-state index in [1.807, 2.05) is 6.07 Å². The van der Waals surface area contributed by atoms with E-state index in [9.17, 15) is 0 Å². The van der Waals surface area contributed by atoms with Crippen LogP contribution < -0.4 is 0 Å². The first-order valence-electron chi connectivity index (χ1n) is 6.30. The van der Waals surface area contributed by atoms with E-state index in [1.54, 1.807) is 0 Å². The van der Waals surface area contributed by atoms with Crippen LogP contribution in [0.2, 0.25) is 0 Å². The van der Waals surface area contributed by atoms with Gasteiger partial charge < -0.3 is 4.90 Å². The summed E-state index contributed by atoms with van der Waals surface area (Å²) in [5, 5.41) is 8.25. The van der Waals surface area contributed by atoms with Gasteiger partial charge in [0.15, 0.2) is 0 Å². The zero-order valence-electron chi connectivity index (χ0n) is 9.58. The van der Waals surface area contributed by atoms with E-state index in [0.29, 0.717) is 6.04 Å². The van der Waals surface area contributed by atoms with Crippen LogP contribution in [0.15, 0.2) is 24.3 Å². The van der Waals surface area contributed by atoms with Crippen LogP contribution in [0.3, 0.4) is 0 Å². The summed E-state index contributed by atoms with van der Waals surface area (Å²) in [5.74, 6) is 0.752. The summed E-state index contributed by atoms with van der Waals surface area (Å²) in [6, 6.07) is 8.98. The van der Waals surface area contributed by atoms with E-state index in [2.05, 4.69) is 23.1 Å². The third-order valence-electron chi connectivity index (χ3n) is 3.92. The number of nitrogens with one attached hydrogen (secondary N) is 1. The van der Waals surface area contributed by atoms with Gasteiger partial charge in [0.25, 0.3) is 0 Å². The van der Waals surface area contributed by atoms with Crippen LogP contribution in [0.5, 0.6) is 0 Å². The average molecular weight is 214 g/mol. The molecule has 1 fully saturated rings. The molecule has 2 nitrogen and oxygen atoms in total. The van der Waals surface area contributed by atoms with Gasteiger partial charge in [0.05, 0.1) is 0 Å². The number of rotatable bonds is 1. The summed E-state index contributed by atoms with van der Waals surface area (Å²) < 4.78 is 0. The summed E-state index contributed by atoms with van der Waals surface area (Å²) >= 11 is 0. The molecule has 0 amide bonds. The molecule has 2 aliphatic rings. The van der Waals surface area contributed by atoms with Crippen molar-refractivity contribution in [3.05, 3.63) is 35.4 Å². The average Bonchev–Trinajstić information content (AvgIpc) is 2.69. The third-order valence-corrected chi connectivity index (χ3v) is 3.92. The Morgan fingerprint density at radius 1 is 1.06 bits per heavy atom. The van der Waals surface area contributed by atoms with Crippen LogP contribution in [0.4, 0.5) is 0 Å². The van der Waals surface area contributed by atoms with Crippen molar-refractivity contribution in [2.45, 2.75) is 44.7 Å². The number of hydrogen-bond donors (Lipinski definition) is 1. The molecular formula is C14H18N2. The fourth-order valence-electron chi connectivity index (χ4n) is 3.01. The summed E-state index contributed by atoms with van der Waals surface area (Å²) in [5.41, 5.74) is 2.48. The lowest BCUT2D eigenvalue weighted by Crippen LogP contribution is -2.36. The van der Waals surface area contributed by atoms with E-state index >= 15 is 0 Å². The molecule has 1 aromatic carbocycles. The Hall–Kier alpha value is -1.31. The second kappa shape index (κ2) is 3.93. The van der Waals surface area contributed by atoms with Gasteiger partial charge in [-0.15, -0.1) is 0 Å². The van der Waals surface area contributed by atoms with E-state index in [1.165, 1.54) is 37.7 Å². The van der Waals surface area contributed by atoms with Gasteiger partial charge in [-0.3, -0.25) is 5.41 Å². The zero-order valence-corrected chi connectivity index (χ0v) is 9.58. The van der Waals surface area contributed by atoms with E-state index in [4.69, 9.17) is 5.41 Å². The highest BCUT2D eigenvalue weighted by molar-refractivity contribution is 6.00. The number of fused-ring (bicyclic) bond motifs is 1. The maximum atomic E-state index is 8.25. The monoisotopic (exact) mass is 214 g/mol. The van der Waals surface area contributed by atoms with E-state index in [0.717, 1.165) is 17.9 Å². The van der Waals surface area contributed by atoms with Gasteiger partial charge >= 0.3 is 0 Å². The molecule has 2 heteroatoms. The second-order valence-corrected chi connectivity index (χ2v) is 4.93. The van der Waals surface area contributed by atoms with Gasteiger partial charge in [0.2, 0.25) is 0 Å². The van der Waals surface area contributed by atoms with Crippen LogP contribution in [0.1, 0.15) is 43.2 Å². The van der Waals surface area contributed by atoms with Crippen molar-refractivity contribution >= 4 is 5.84 Å². The molecule has 0 aromatic heterocycles. The molecule has 1 aromatic rings. The maximum absolute atomic E-state index is 8.25. The third kappa shape index (κ3) is 1.53. The molecule has 1 heterocycles. The first-order valence-corrected chi connectivity index (χ1v) is 6.30. The zero-order chi connectivity index (χ0) is 11.0. The summed E-state index contributed by atoms with van der Waals surface area (Å²) in [6.07, 6.45) is 6.60. The number of hydrogen-bond acceptors (Lipinski definition) is 1. The lowest BCUT2D eigenvalue weighted by molar-refractivity contribution is 0.244. The molecule has 0 radical (unpaired) electrons. The van der Waals surface area contributed by atoms with Crippen molar-refractivity contribution in [3.63, 3.8) is 0 Å². The molecule has 0 atom stereocenters. The normalized spacial score (nSPS) is 21.2.